The zero-order chi connectivity index (χ0) is 23.5. The van der Waals surface area contributed by atoms with Crippen LogP contribution in [0.3, 0.4) is 0 Å². The van der Waals surface area contributed by atoms with Gasteiger partial charge in [-0.2, -0.15) is 0 Å². The lowest BCUT2D eigenvalue weighted by molar-refractivity contribution is -0.158. The van der Waals surface area contributed by atoms with Gasteiger partial charge in [-0.1, -0.05) is 12.1 Å². The van der Waals surface area contributed by atoms with E-state index in [1.54, 1.807) is 12.1 Å². The molecule has 1 saturated carbocycles. The van der Waals surface area contributed by atoms with Crippen LogP contribution in [0.25, 0.3) is 0 Å². The van der Waals surface area contributed by atoms with Gasteiger partial charge in [-0.05, 0) is 80.0 Å². The summed E-state index contributed by atoms with van der Waals surface area (Å²) in [6, 6.07) is 10.2. The zero-order valence-electron chi connectivity index (χ0n) is 17.9. The average Bonchev–Trinajstić information content (AvgIpc) is 2.79. The number of hydrogen-bond acceptors (Lipinski definition) is 5. The van der Waals surface area contributed by atoms with Gasteiger partial charge in [0.2, 0.25) is 5.67 Å². The molecule has 6 nitrogen and oxygen atoms in total. The molecule has 8 heteroatoms. The molecule has 2 aromatic carbocycles. The van der Waals surface area contributed by atoms with E-state index in [0.29, 0.717) is 37.0 Å². The Bertz CT molecular complexity index is 982. The Morgan fingerprint density at radius 3 is 2.41 bits per heavy atom. The topological polar surface area (TPSA) is 93.1 Å². The lowest BCUT2D eigenvalue weighted by atomic mass is 9.78. The number of aliphatic hydroxyl groups is 1. The fourth-order valence-corrected chi connectivity index (χ4v) is 3.98. The quantitative estimate of drug-likeness (QED) is 0.477. The Morgan fingerprint density at radius 1 is 1.09 bits per heavy atom. The summed E-state index contributed by atoms with van der Waals surface area (Å²) in [4.78, 5) is 23.7. The van der Waals surface area contributed by atoms with Crippen LogP contribution in [0.1, 0.15) is 55.8 Å². The van der Waals surface area contributed by atoms with Crippen molar-refractivity contribution in [2.45, 2.75) is 50.3 Å². The molecule has 2 N–H and O–H groups in total. The number of benzene rings is 2. The number of halogens is 2. The predicted molar refractivity (Wildman–Crippen MR) is 112 cm³/mol. The number of carbonyl (C=O) groups excluding carboxylic acids is 1. The van der Waals surface area contributed by atoms with Gasteiger partial charge in [0.1, 0.15) is 23.4 Å². The molecule has 0 amide bonds. The Hall–Kier alpha value is -3.00. The molecule has 172 valence electrons. The molecule has 0 aromatic heterocycles. The van der Waals surface area contributed by atoms with Crippen LogP contribution in [-0.2, 0) is 9.59 Å². The number of carbonyl (C=O) groups is 2. The second-order valence-electron chi connectivity index (χ2n) is 8.21. The summed E-state index contributed by atoms with van der Waals surface area (Å²) in [6.45, 7) is 0.766. The van der Waals surface area contributed by atoms with Gasteiger partial charge in [-0.25, -0.2) is 13.6 Å². The number of esters is 1. The highest BCUT2D eigenvalue weighted by atomic mass is 19.1. The van der Waals surface area contributed by atoms with E-state index in [-0.39, 0.29) is 29.0 Å². The minimum Gasteiger partial charge on any atom is -0.497 e. The summed E-state index contributed by atoms with van der Waals surface area (Å²) >= 11 is 0. The maximum absolute atomic E-state index is 14.2. The van der Waals surface area contributed by atoms with Crippen molar-refractivity contribution in [2.75, 3.05) is 7.11 Å². The first kappa shape index (κ1) is 23.7. The van der Waals surface area contributed by atoms with E-state index in [0.717, 1.165) is 6.92 Å². The van der Waals surface area contributed by atoms with Crippen LogP contribution in [0.15, 0.2) is 42.5 Å². The van der Waals surface area contributed by atoms with Crippen LogP contribution in [0.5, 0.6) is 11.5 Å². The lowest BCUT2D eigenvalue weighted by Crippen LogP contribution is -2.37. The summed E-state index contributed by atoms with van der Waals surface area (Å²) in [7, 11) is 1.52. The van der Waals surface area contributed by atoms with Crippen molar-refractivity contribution in [2.24, 2.45) is 5.92 Å². The molecule has 0 aliphatic heterocycles. The molecule has 32 heavy (non-hydrogen) atoms. The highest BCUT2D eigenvalue weighted by Crippen LogP contribution is 2.39. The number of methoxy groups -OCH3 is 1. The Balaban J connectivity index is 1.63. The minimum absolute atomic E-state index is 0.0140. The maximum atomic E-state index is 14.2. The van der Waals surface area contributed by atoms with E-state index in [9.17, 15) is 23.5 Å². The van der Waals surface area contributed by atoms with E-state index in [1.807, 2.05) is 0 Å². The molecular formula is C24H26F2O6. The van der Waals surface area contributed by atoms with E-state index in [1.165, 1.54) is 37.4 Å². The largest absolute Gasteiger partial charge is 0.497 e. The van der Waals surface area contributed by atoms with Crippen molar-refractivity contribution < 1.29 is 38.1 Å². The Kier molecular flexibility index (Phi) is 7.13. The minimum atomic E-state index is -2.89. The maximum Gasteiger partial charge on any atom is 0.344 e. The molecule has 0 unspecified atom stereocenters. The molecular weight excluding hydrogens is 422 g/mol. The van der Waals surface area contributed by atoms with Crippen molar-refractivity contribution >= 4 is 11.9 Å². The lowest BCUT2D eigenvalue weighted by Gasteiger charge is -2.28. The molecule has 1 fully saturated rings. The Labute approximate surface area is 184 Å². The average molecular weight is 448 g/mol. The second kappa shape index (κ2) is 9.65. The van der Waals surface area contributed by atoms with E-state index >= 15 is 0 Å². The van der Waals surface area contributed by atoms with Gasteiger partial charge in [0.25, 0.3) is 0 Å². The van der Waals surface area contributed by atoms with Crippen molar-refractivity contribution in [3.05, 3.63) is 59.4 Å². The van der Waals surface area contributed by atoms with Gasteiger partial charge in [-0.15, -0.1) is 0 Å². The third-order valence-corrected chi connectivity index (χ3v) is 6.03. The van der Waals surface area contributed by atoms with Gasteiger partial charge >= 0.3 is 11.9 Å². The van der Waals surface area contributed by atoms with Crippen LogP contribution in [0.4, 0.5) is 8.78 Å². The summed E-state index contributed by atoms with van der Waals surface area (Å²) in [5.74, 6) is -2.29. The summed E-state index contributed by atoms with van der Waals surface area (Å²) < 4.78 is 39.1. The molecule has 3 rings (SSSR count). The first-order chi connectivity index (χ1) is 15.1. The van der Waals surface area contributed by atoms with Crippen molar-refractivity contribution in [1.82, 2.24) is 0 Å². The molecule has 0 spiro atoms. The number of aliphatic hydroxyl groups excluding tert-OH is 1. The van der Waals surface area contributed by atoms with Gasteiger partial charge < -0.3 is 19.7 Å². The third kappa shape index (κ3) is 5.07. The smallest absolute Gasteiger partial charge is 0.344 e. The SMILES string of the molecule is COc1ccc(F)c(C2CCC(C(=O)Oc3cccc([C@H](O)[C@@](C)(F)C(=O)O)c3)CC2)c1. The number of ether oxygens (including phenoxy) is 2. The van der Waals surface area contributed by atoms with E-state index < -0.39 is 23.7 Å². The fraction of sp³-hybridized carbons (Fsp3) is 0.417. The molecule has 0 bridgehead atoms. The van der Waals surface area contributed by atoms with Crippen LogP contribution in [-0.4, -0.2) is 34.9 Å². The summed E-state index contributed by atoms with van der Waals surface area (Å²) in [5.41, 5.74) is -2.33. The van der Waals surface area contributed by atoms with Gasteiger partial charge in [0, 0.05) is 0 Å². The van der Waals surface area contributed by atoms with E-state index in [4.69, 9.17) is 14.6 Å². The van der Waals surface area contributed by atoms with Crippen LogP contribution < -0.4 is 9.47 Å². The van der Waals surface area contributed by atoms with E-state index in [2.05, 4.69) is 0 Å². The zero-order valence-corrected chi connectivity index (χ0v) is 17.9. The van der Waals surface area contributed by atoms with Crippen LogP contribution in [0.2, 0.25) is 0 Å². The highest BCUT2D eigenvalue weighted by molar-refractivity contribution is 5.78. The van der Waals surface area contributed by atoms with Crippen LogP contribution in [0, 0.1) is 11.7 Å². The molecule has 1 aliphatic rings. The Morgan fingerprint density at radius 2 is 1.78 bits per heavy atom. The third-order valence-electron chi connectivity index (χ3n) is 6.03. The number of aliphatic carboxylic acids is 1. The summed E-state index contributed by atoms with van der Waals surface area (Å²) in [6.07, 6.45) is 0.337. The molecule has 0 heterocycles. The molecule has 2 atom stereocenters. The fourth-order valence-electron chi connectivity index (χ4n) is 3.98. The highest BCUT2D eigenvalue weighted by Gasteiger charge is 2.42. The van der Waals surface area contributed by atoms with Crippen molar-refractivity contribution in [1.29, 1.82) is 0 Å². The normalized spacial score (nSPS) is 21.3. The number of rotatable bonds is 7. The monoisotopic (exact) mass is 448 g/mol. The second-order valence-corrected chi connectivity index (χ2v) is 8.21. The number of carboxylic acids is 1. The van der Waals surface area contributed by atoms with Gasteiger partial charge in [-0.3, -0.25) is 4.79 Å². The van der Waals surface area contributed by atoms with Crippen LogP contribution >= 0.6 is 0 Å². The van der Waals surface area contributed by atoms with Gasteiger partial charge in [0.05, 0.1) is 13.0 Å². The summed E-state index contributed by atoms with van der Waals surface area (Å²) in [5, 5.41) is 19.0. The molecule has 0 saturated heterocycles. The molecule has 0 radical (unpaired) electrons. The first-order valence-corrected chi connectivity index (χ1v) is 10.4. The van der Waals surface area contributed by atoms with Crippen molar-refractivity contribution in [3.63, 3.8) is 0 Å². The van der Waals surface area contributed by atoms with Gasteiger partial charge in [0.15, 0.2) is 0 Å². The molecule has 1 aliphatic carbocycles. The number of carboxylic acid groups (broad SMARTS) is 1. The standard InChI is InChI=1S/C24H26F2O6/c1-24(26,23(29)30)21(27)16-4-3-5-18(12-16)32-22(28)15-8-6-14(7-9-15)19-13-17(31-2)10-11-20(19)25/h3-5,10-15,21,27H,6-9H2,1-2H3,(H,29,30)/t14?,15?,21-,24+/m0/s1. The first-order valence-electron chi connectivity index (χ1n) is 10.4. The predicted octanol–water partition coefficient (Wildman–Crippen LogP) is 4.56. The van der Waals surface area contributed by atoms with Crippen molar-refractivity contribution in [3.8, 4) is 11.5 Å². The molecule has 2 aromatic rings. The number of hydrogen-bond donors (Lipinski definition) is 2. The number of alkyl halides is 1.